The molecule has 1 aromatic rings. The molecule has 0 aromatic heterocycles. The van der Waals surface area contributed by atoms with Gasteiger partial charge in [-0.25, -0.2) is 8.78 Å². The van der Waals surface area contributed by atoms with Crippen LogP contribution in [0, 0.1) is 5.82 Å². The largest absolute Gasteiger partial charge is 0.487 e. The van der Waals surface area contributed by atoms with Crippen LogP contribution in [0.4, 0.5) is 8.78 Å². The van der Waals surface area contributed by atoms with E-state index in [0.29, 0.717) is 25.9 Å². The molecule has 1 heterocycles. The molecule has 0 atom stereocenters. The molecular weight excluding hydrogens is 248 g/mol. The Kier molecular flexibility index (Phi) is 5.15. The number of piperidine rings is 1. The Morgan fingerprint density at radius 3 is 2.53 bits per heavy atom. The zero-order valence-corrected chi connectivity index (χ0v) is 10.2. The summed E-state index contributed by atoms with van der Waals surface area (Å²) >= 11 is 0. The minimum Gasteiger partial charge on any atom is -0.487 e. The SMILES string of the molecule is Cl.Fc1ccccc1OCC1(F)CCNCC1. The van der Waals surface area contributed by atoms with Gasteiger partial charge in [-0.15, -0.1) is 12.4 Å². The summed E-state index contributed by atoms with van der Waals surface area (Å²) in [6.45, 7) is 1.23. The van der Waals surface area contributed by atoms with Crippen LogP contribution >= 0.6 is 12.4 Å². The van der Waals surface area contributed by atoms with Gasteiger partial charge in [0.25, 0.3) is 0 Å². The minimum atomic E-state index is -1.33. The average molecular weight is 264 g/mol. The first kappa shape index (κ1) is 14.2. The van der Waals surface area contributed by atoms with E-state index in [1.807, 2.05) is 0 Å². The molecule has 0 amide bonds. The van der Waals surface area contributed by atoms with Crippen LogP contribution in [-0.4, -0.2) is 25.4 Å². The van der Waals surface area contributed by atoms with Gasteiger partial charge in [0.15, 0.2) is 11.6 Å². The monoisotopic (exact) mass is 263 g/mol. The van der Waals surface area contributed by atoms with Crippen LogP contribution in [0.25, 0.3) is 0 Å². The molecule has 2 nitrogen and oxygen atoms in total. The summed E-state index contributed by atoms with van der Waals surface area (Å²) in [5.41, 5.74) is -1.33. The number of hydrogen-bond acceptors (Lipinski definition) is 2. The van der Waals surface area contributed by atoms with Crippen molar-refractivity contribution in [2.45, 2.75) is 18.5 Å². The zero-order valence-electron chi connectivity index (χ0n) is 9.42. The second kappa shape index (κ2) is 6.17. The Morgan fingerprint density at radius 1 is 1.24 bits per heavy atom. The minimum absolute atomic E-state index is 0. The van der Waals surface area contributed by atoms with Crippen molar-refractivity contribution in [3.8, 4) is 5.75 Å². The van der Waals surface area contributed by atoms with Gasteiger partial charge in [-0.3, -0.25) is 0 Å². The first-order valence-corrected chi connectivity index (χ1v) is 5.47. The van der Waals surface area contributed by atoms with Crippen LogP contribution in [0.5, 0.6) is 5.75 Å². The lowest BCUT2D eigenvalue weighted by molar-refractivity contribution is 0.0522. The van der Waals surface area contributed by atoms with Crippen molar-refractivity contribution in [2.24, 2.45) is 0 Å². The standard InChI is InChI=1S/C12H15F2NO.ClH/c13-10-3-1-2-4-11(10)16-9-12(14)5-7-15-8-6-12;/h1-4,15H,5-9H2;1H. The fourth-order valence-electron chi connectivity index (χ4n) is 1.79. The second-order valence-corrected chi connectivity index (χ2v) is 4.12. The smallest absolute Gasteiger partial charge is 0.165 e. The fourth-order valence-corrected chi connectivity index (χ4v) is 1.79. The molecular formula is C12H16ClF2NO. The van der Waals surface area contributed by atoms with Gasteiger partial charge in [-0.05, 0) is 38.1 Å². The van der Waals surface area contributed by atoms with Crippen LogP contribution in [0.1, 0.15) is 12.8 Å². The summed E-state index contributed by atoms with van der Waals surface area (Å²) in [5, 5.41) is 3.08. The zero-order chi connectivity index (χ0) is 11.4. The van der Waals surface area contributed by atoms with Crippen LogP contribution in [-0.2, 0) is 0 Å². The molecule has 1 N–H and O–H groups in total. The molecule has 0 unspecified atom stereocenters. The van der Waals surface area contributed by atoms with E-state index < -0.39 is 11.5 Å². The van der Waals surface area contributed by atoms with E-state index in [9.17, 15) is 8.78 Å². The van der Waals surface area contributed by atoms with E-state index in [1.165, 1.54) is 12.1 Å². The van der Waals surface area contributed by atoms with Crippen LogP contribution < -0.4 is 10.1 Å². The number of hydrogen-bond donors (Lipinski definition) is 1. The fraction of sp³-hybridized carbons (Fsp3) is 0.500. The van der Waals surface area contributed by atoms with E-state index in [0.717, 1.165) is 0 Å². The maximum atomic E-state index is 14.1. The number of para-hydroxylation sites is 1. The van der Waals surface area contributed by atoms with Crippen molar-refractivity contribution in [3.05, 3.63) is 30.1 Å². The number of benzene rings is 1. The van der Waals surface area contributed by atoms with E-state index in [1.54, 1.807) is 12.1 Å². The molecule has 0 radical (unpaired) electrons. The lowest BCUT2D eigenvalue weighted by atomic mass is 9.95. The summed E-state index contributed by atoms with van der Waals surface area (Å²) in [7, 11) is 0. The first-order chi connectivity index (χ1) is 7.70. The molecule has 96 valence electrons. The van der Waals surface area contributed by atoms with Gasteiger partial charge < -0.3 is 10.1 Å². The van der Waals surface area contributed by atoms with Gasteiger partial charge >= 0.3 is 0 Å². The van der Waals surface area contributed by atoms with E-state index >= 15 is 0 Å². The molecule has 17 heavy (non-hydrogen) atoms. The predicted octanol–water partition coefficient (Wildman–Crippen LogP) is 2.72. The van der Waals surface area contributed by atoms with Gasteiger partial charge in [-0.1, -0.05) is 12.1 Å². The quantitative estimate of drug-likeness (QED) is 0.905. The third-order valence-corrected chi connectivity index (χ3v) is 2.82. The number of alkyl halides is 1. The molecule has 5 heteroatoms. The maximum absolute atomic E-state index is 14.1. The molecule has 1 fully saturated rings. The molecule has 0 bridgehead atoms. The first-order valence-electron chi connectivity index (χ1n) is 5.47. The topological polar surface area (TPSA) is 21.3 Å². The lowest BCUT2D eigenvalue weighted by Gasteiger charge is -2.29. The highest BCUT2D eigenvalue weighted by Gasteiger charge is 2.32. The van der Waals surface area contributed by atoms with E-state index in [4.69, 9.17) is 4.74 Å². The normalized spacial score (nSPS) is 18.2. The summed E-state index contributed by atoms with van der Waals surface area (Å²) in [4.78, 5) is 0. The van der Waals surface area contributed by atoms with Gasteiger partial charge in [0.05, 0.1) is 0 Å². The maximum Gasteiger partial charge on any atom is 0.165 e. The lowest BCUT2D eigenvalue weighted by Crippen LogP contribution is -2.42. The molecule has 0 spiro atoms. The number of halogens is 3. The van der Waals surface area contributed by atoms with Gasteiger partial charge in [0.2, 0.25) is 0 Å². The van der Waals surface area contributed by atoms with Gasteiger partial charge in [-0.2, -0.15) is 0 Å². The molecule has 1 aromatic carbocycles. The Labute approximate surface area is 106 Å². The highest BCUT2D eigenvalue weighted by atomic mass is 35.5. The Hall–Kier alpha value is -0.870. The molecule has 0 saturated carbocycles. The highest BCUT2D eigenvalue weighted by molar-refractivity contribution is 5.85. The second-order valence-electron chi connectivity index (χ2n) is 4.12. The van der Waals surface area contributed by atoms with Crippen molar-refractivity contribution < 1.29 is 13.5 Å². The van der Waals surface area contributed by atoms with Crippen LogP contribution in [0.3, 0.4) is 0 Å². The van der Waals surface area contributed by atoms with Gasteiger partial charge in [0, 0.05) is 0 Å². The summed E-state index contributed by atoms with van der Waals surface area (Å²) in [5.74, 6) is -0.321. The van der Waals surface area contributed by atoms with Crippen LogP contribution in [0.2, 0.25) is 0 Å². The summed E-state index contributed by atoms with van der Waals surface area (Å²) in [6, 6.07) is 6.08. The van der Waals surface area contributed by atoms with Crippen molar-refractivity contribution in [1.29, 1.82) is 0 Å². The predicted molar refractivity (Wildman–Crippen MR) is 65.1 cm³/mol. The summed E-state index contributed by atoms with van der Waals surface area (Å²) in [6.07, 6.45) is 0.836. The van der Waals surface area contributed by atoms with E-state index in [2.05, 4.69) is 5.32 Å². The number of rotatable bonds is 3. The van der Waals surface area contributed by atoms with Crippen molar-refractivity contribution >= 4 is 12.4 Å². The number of ether oxygens (including phenoxy) is 1. The molecule has 2 rings (SSSR count). The number of nitrogens with one attached hydrogen (secondary N) is 1. The Bertz CT molecular complexity index is 356. The van der Waals surface area contributed by atoms with Crippen molar-refractivity contribution in [1.82, 2.24) is 5.32 Å². The van der Waals surface area contributed by atoms with Crippen LogP contribution in [0.15, 0.2) is 24.3 Å². The Balaban J connectivity index is 0.00000144. The highest BCUT2D eigenvalue weighted by Crippen LogP contribution is 2.25. The van der Waals surface area contributed by atoms with E-state index in [-0.39, 0.29) is 24.8 Å². The Morgan fingerprint density at radius 2 is 1.88 bits per heavy atom. The third-order valence-electron chi connectivity index (χ3n) is 2.82. The van der Waals surface area contributed by atoms with Crippen molar-refractivity contribution in [3.63, 3.8) is 0 Å². The molecule has 1 aliphatic heterocycles. The van der Waals surface area contributed by atoms with Crippen molar-refractivity contribution in [2.75, 3.05) is 19.7 Å². The molecule has 1 saturated heterocycles. The van der Waals surface area contributed by atoms with Gasteiger partial charge in [0.1, 0.15) is 12.3 Å². The molecule has 1 aliphatic rings. The third kappa shape index (κ3) is 3.82. The molecule has 0 aliphatic carbocycles. The summed E-state index contributed by atoms with van der Waals surface area (Å²) < 4.78 is 32.5. The average Bonchev–Trinajstić information content (AvgIpc) is 2.29.